The van der Waals surface area contributed by atoms with E-state index in [1.807, 2.05) is 0 Å². The monoisotopic (exact) mass is 183 g/mol. The zero-order chi connectivity index (χ0) is 9.90. The van der Waals surface area contributed by atoms with Crippen LogP contribution in [-0.4, -0.2) is 12.6 Å². The van der Waals surface area contributed by atoms with Gasteiger partial charge in [-0.25, -0.2) is 0 Å². The first kappa shape index (κ1) is 11.0. The molecule has 1 unspecified atom stereocenters. The van der Waals surface area contributed by atoms with Crippen molar-refractivity contribution in [3.63, 3.8) is 0 Å². The Kier molecular flexibility index (Phi) is 3.78. The van der Waals surface area contributed by atoms with Crippen molar-refractivity contribution < 1.29 is 0 Å². The Morgan fingerprint density at radius 3 is 2.31 bits per heavy atom. The summed E-state index contributed by atoms with van der Waals surface area (Å²) in [7, 11) is 0. The molecule has 0 aromatic rings. The van der Waals surface area contributed by atoms with E-state index in [0.29, 0.717) is 5.41 Å². The summed E-state index contributed by atoms with van der Waals surface area (Å²) >= 11 is 0. The minimum Gasteiger partial charge on any atom is -0.314 e. The molecular weight excluding hydrogens is 158 g/mol. The second kappa shape index (κ2) is 4.45. The molecule has 1 atom stereocenters. The van der Waals surface area contributed by atoms with E-state index >= 15 is 0 Å². The molecule has 1 aliphatic rings. The molecule has 78 valence electrons. The second-order valence-electron chi connectivity index (χ2n) is 5.60. The van der Waals surface area contributed by atoms with Gasteiger partial charge in [0, 0.05) is 6.04 Å². The van der Waals surface area contributed by atoms with Crippen molar-refractivity contribution in [3.05, 3.63) is 0 Å². The molecule has 0 aromatic heterocycles. The third-order valence-electron chi connectivity index (χ3n) is 2.86. The molecule has 0 spiro atoms. The maximum Gasteiger partial charge on any atom is 0.00954 e. The molecule has 13 heavy (non-hydrogen) atoms. The van der Waals surface area contributed by atoms with Crippen LogP contribution < -0.4 is 5.32 Å². The van der Waals surface area contributed by atoms with Crippen LogP contribution in [0, 0.1) is 11.3 Å². The van der Waals surface area contributed by atoms with Crippen LogP contribution >= 0.6 is 0 Å². The maximum atomic E-state index is 3.62. The molecule has 0 amide bonds. The van der Waals surface area contributed by atoms with Gasteiger partial charge in [-0.2, -0.15) is 0 Å². The summed E-state index contributed by atoms with van der Waals surface area (Å²) in [6.45, 7) is 10.4. The van der Waals surface area contributed by atoms with E-state index in [1.54, 1.807) is 0 Å². The standard InChI is InChI=1S/C12H25N/c1-5-13-11(10-6-7-10)8-9-12(2,3)4/h10-11,13H,5-9H2,1-4H3. The number of hydrogen-bond donors (Lipinski definition) is 1. The second-order valence-corrected chi connectivity index (χ2v) is 5.60. The number of rotatable bonds is 5. The van der Waals surface area contributed by atoms with Gasteiger partial charge in [0.25, 0.3) is 0 Å². The molecule has 1 saturated carbocycles. The smallest absolute Gasteiger partial charge is 0.00954 e. The van der Waals surface area contributed by atoms with Crippen molar-refractivity contribution in [1.29, 1.82) is 0 Å². The predicted octanol–water partition coefficient (Wildman–Crippen LogP) is 3.20. The van der Waals surface area contributed by atoms with E-state index in [0.717, 1.165) is 18.5 Å². The van der Waals surface area contributed by atoms with Crippen LogP contribution in [0.25, 0.3) is 0 Å². The van der Waals surface area contributed by atoms with Gasteiger partial charge < -0.3 is 5.32 Å². The first-order valence-corrected chi connectivity index (χ1v) is 5.76. The summed E-state index contributed by atoms with van der Waals surface area (Å²) in [5, 5.41) is 3.62. The Morgan fingerprint density at radius 1 is 1.31 bits per heavy atom. The predicted molar refractivity (Wildman–Crippen MR) is 58.9 cm³/mol. The summed E-state index contributed by atoms with van der Waals surface area (Å²) in [6.07, 6.45) is 5.63. The van der Waals surface area contributed by atoms with Crippen molar-refractivity contribution in [3.8, 4) is 0 Å². The van der Waals surface area contributed by atoms with Crippen LogP contribution in [0.3, 0.4) is 0 Å². The first-order chi connectivity index (χ1) is 6.03. The number of hydrogen-bond acceptors (Lipinski definition) is 1. The summed E-state index contributed by atoms with van der Waals surface area (Å²) in [5.74, 6) is 1.00. The van der Waals surface area contributed by atoms with Gasteiger partial charge in [-0.1, -0.05) is 27.7 Å². The average molecular weight is 183 g/mol. The van der Waals surface area contributed by atoms with Crippen molar-refractivity contribution in [2.24, 2.45) is 11.3 Å². The molecule has 1 rings (SSSR count). The van der Waals surface area contributed by atoms with Gasteiger partial charge in [0.15, 0.2) is 0 Å². The van der Waals surface area contributed by atoms with Crippen molar-refractivity contribution in [2.75, 3.05) is 6.54 Å². The van der Waals surface area contributed by atoms with Gasteiger partial charge in [0.2, 0.25) is 0 Å². The van der Waals surface area contributed by atoms with Crippen LogP contribution in [0.1, 0.15) is 53.4 Å². The maximum absolute atomic E-state index is 3.62. The summed E-state index contributed by atoms with van der Waals surface area (Å²) in [4.78, 5) is 0. The normalized spacial score (nSPS) is 20.3. The molecule has 1 N–H and O–H groups in total. The van der Waals surface area contributed by atoms with Gasteiger partial charge in [-0.05, 0) is 43.6 Å². The van der Waals surface area contributed by atoms with Gasteiger partial charge in [0.05, 0.1) is 0 Å². The van der Waals surface area contributed by atoms with Crippen molar-refractivity contribution in [2.45, 2.75) is 59.4 Å². The zero-order valence-corrected chi connectivity index (χ0v) is 9.69. The Morgan fingerprint density at radius 2 is 1.92 bits per heavy atom. The van der Waals surface area contributed by atoms with Gasteiger partial charge in [-0.3, -0.25) is 0 Å². The van der Waals surface area contributed by atoms with Gasteiger partial charge in [-0.15, -0.1) is 0 Å². The van der Waals surface area contributed by atoms with Crippen LogP contribution in [0.5, 0.6) is 0 Å². The van der Waals surface area contributed by atoms with E-state index < -0.39 is 0 Å². The Hall–Kier alpha value is -0.0400. The highest BCUT2D eigenvalue weighted by Gasteiger charge is 2.30. The van der Waals surface area contributed by atoms with Crippen LogP contribution in [0.2, 0.25) is 0 Å². The summed E-state index contributed by atoms with van der Waals surface area (Å²) < 4.78 is 0. The van der Waals surface area contributed by atoms with Gasteiger partial charge >= 0.3 is 0 Å². The fourth-order valence-corrected chi connectivity index (χ4v) is 1.85. The molecule has 0 radical (unpaired) electrons. The third kappa shape index (κ3) is 4.66. The molecule has 0 saturated heterocycles. The zero-order valence-electron chi connectivity index (χ0n) is 9.69. The molecule has 0 bridgehead atoms. The highest BCUT2D eigenvalue weighted by atomic mass is 14.9. The largest absolute Gasteiger partial charge is 0.314 e. The lowest BCUT2D eigenvalue weighted by atomic mass is 9.88. The summed E-state index contributed by atoms with van der Waals surface area (Å²) in [5.41, 5.74) is 0.503. The molecule has 1 heteroatoms. The fraction of sp³-hybridized carbons (Fsp3) is 1.00. The molecule has 0 aromatic carbocycles. The lowest BCUT2D eigenvalue weighted by molar-refractivity contribution is 0.318. The van der Waals surface area contributed by atoms with Crippen LogP contribution in [-0.2, 0) is 0 Å². The summed E-state index contributed by atoms with van der Waals surface area (Å²) in [6, 6.07) is 0.809. The molecule has 1 nitrogen and oxygen atoms in total. The van der Waals surface area contributed by atoms with E-state index in [9.17, 15) is 0 Å². The van der Waals surface area contributed by atoms with E-state index in [2.05, 4.69) is 33.0 Å². The van der Waals surface area contributed by atoms with Crippen LogP contribution in [0.15, 0.2) is 0 Å². The van der Waals surface area contributed by atoms with Gasteiger partial charge in [0.1, 0.15) is 0 Å². The molecule has 0 aliphatic heterocycles. The topological polar surface area (TPSA) is 12.0 Å². The first-order valence-electron chi connectivity index (χ1n) is 5.76. The van der Waals surface area contributed by atoms with Crippen molar-refractivity contribution in [1.82, 2.24) is 5.32 Å². The molecule has 1 aliphatic carbocycles. The highest BCUT2D eigenvalue weighted by Crippen LogP contribution is 2.36. The van der Waals surface area contributed by atoms with Crippen LogP contribution in [0.4, 0.5) is 0 Å². The van der Waals surface area contributed by atoms with E-state index in [-0.39, 0.29) is 0 Å². The fourth-order valence-electron chi connectivity index (χ4n) is 1.85. The Bertz CT molecular complexity index is 142. The minimum atomic E-state index is 0.503. The Labute approximate surface area is 83.3 Å². The molecular formula is C12H25N. The van der Waals surface area contributed by atoms with Crippen molar-refractivity contribution >= 4 is 0 Å². The van der Waals surface area contributed by atoms with E-state index in [1.165, 1.54) is 25.7 Å². The third-order valence-corrected chi connectivity index (χ3v) is 2.86. The quantitative estimate of drug-likeness (QED) is 0.690. The van der Waals surface area contributed by atoms with E-state index in [4.69, 9.17) is 0 Å². The Balaban J connectivity index is 2.22. The highest BCUT2D eigenvalue weighted by molar-refractivity contribution is 4.86. The minimum absolute atomic E-state index is 0.503. The lowest BCUT2D eigenvalue weighted by Gasteiger charge is -2.23. The SMILES string of the molecule is CCNC(CCC(C)(C)C)C1CC1. The average Bonchev–Trinajstić information content (AvgIpc) is 2.78. The molecule has 0 heterocycles. The number of nitrogens with one attached hydrogen (secondary N) is 1. The molecule has 1 fully saturated rings. The lowest BCUT2D eigenvalue weighted by Crippen LogP contribution is -2.31.